The average Bonchev–Trinajstić information content (AvgIpc) is 2.63. The second-order valence-electron chi connectivity index (χ2n) is 8.52. The van der Waals surface area contributed by atoms with Crippen LogP contribution in [-0.2, 0) is 14.8 Å². The summed E-state index contributed by atoms with van der Waals surface area (Å²) in [7, 11) is -3.14. The Hall–Kier alpha value is -1.31. The van der Waals surface area contributed by atoms with Gasteiger partial charge in [0, 0.05) is 37.6 Å². The molecule has 7 heteroatoms. The third-order valence-electron chi connectivity index (χ3n) is 5.61. The van der Waals surface area contributed by atoms with E-state index in [1.807, 2.05) is 0 Å². The van der Waals surface area contributed by atoms with Crippen molar-refractivity contribution in [2.45, 2.75) is 78.3 Å². The fourth-order valence-electron chi connectivity index (χ4n) is 3.75. The topological polar surface area (TPSA) is 70.7 Å². The van der Waals surface area contributed by atoms with Gasteiger partial charge in [-0.3, -0.25) is 0 Å². The highest BCUT2D eigenvalue weighted by Crippen LogP contribution is 2.30. The van der Waals surface area contributed by atoms with Crippen molar-refractivity contribution in [3.63, 3.8) is 0 Å². The standard InChI is InChI=1S/C22H39N3O3S/c1-16(2)29(26,27)24-13-9-7-8-12-23-21-10-11-22(20(6)19(21)5)25-14-17(3)28-18(4)15-25/h10-11,16-18,23-24H,7-9,12-15H2,1-6H3/t17-,18+. The van der Waals surface area contributed by atoms with E-state index in [9.17, 15) is 8.42 Å². The number of rotatable bonds is 10. The summed E-state index contributed by atoms with van der Waals surface area (Å²) < 4.78 is 32.0. The summed E-state index contributed by atoms with van der Waals surface area (Å²) in [5.41, 5.74) is 5.09. The van der Waals surface area contributed by atoms with Crippen LogP contribution in [0.3, 0.4) is 0 Å². The molecule has 2 N–H and O–H groups in total. The first-order chi connectivity index (χ1) is 13.6. The smallest absolute Gasteiger partial charge is 0.213 e. The second kappa shape index (κ2) is 10.6. The molecular formula is C22H39N3O3S. The second-order valence-corrected chi connectivity index (χ2v) is 10.8. The van der Waals surface area contributed by atoms with Crippen molar-refractivity contribution in [1.29, 1.82) is 0 Å². The molecule has 0 radical (unpaired) electrons. The van der Waals surface area contributed by atoms with E-state index in [-0.39, 0.29) is 17.5 Å². The van der Waals surface area contributed by atoms with Gasteiger partial charge in [-0.15, -0.1) is 0 Å². The molecule has 1 aromatic carbocycles. The summed E-state index contributed by atoms with van der Waals surface area (Å²) in [4.78, 5) is 2.43. The molecule has 2 rings (SSSR count). The van der Waals surface area contributed by atoms with Gasteiger partial charge in [0.25, 0.3) is 0 Å². The van der Waals surface area contributed by atoms with Gasteiger partial charge in [0.15, 0.2) is 0 Å². The number of hydrogen-bond donors (Lipinski definition) is 2. The van der Waals surface area contributed by atoms with Crippen molar-refractivity contribution in [2.75, 3.05) is 36.4 Å². The van der Waals surface area contributed by atoms with Crippen LogP contribution in [0.2, 0.25) is 0 Å². The van der Waals surface area contributed by atoms with Crippen LogP contribution in [0.4, 0.5) is 11.4 Å². The molecule has 1 aromatic rings. The Morgan fingerprint density at radius 3 is 2.28 bits per heavy atom. The number of hydrogen-bond acceptors (Lipinski definition) is 5. The highest BCUT2D eigenvalue weighted by atomic mass is 32.2. The van der Waals surface area contributed by atoms with Crippen LogP contribution in [0.25, 0.3) is 0 Å². The van der Waals surface area contributed by atoms with Gasteiger partial charge in [-0.2, -0.15) is 0 Å². The first-order valence-electron chi connectivity index (χ1n) is 10.8. The predicted octanol–water partition coefficient (Wildman–Crippen LogP) is 3.83. The van der Waals surface area contributed by atoms with Gasteiger partial charge in [-0.05, 0) is 77.6 Å². The maximum atomic E-state index is 11.7. The van der Waals surface area contributed by atoms with Crippen LogP contribution in [0.15, 0.2) is 12.1 Å². The Morgan fingerprint density at radius 1 is 1.03 bits per heavy atom. The molecule has 0 aliphatic carbocycles. The zero-order chi connectivity index (χ0) is 21.6. The van der Waals surface area contributed by atoms with Gasteiger partial charge in [0.1, 0.15) is 0 Å². The van der Waals surface area contributed by atoms with Gasteiger partial charge in [-0.1, -0.05) is 6.42 Å². The van der Waals surface area contributed by atoms with E-state index in [4.69, 9.17) is 4.74 Å². The molecule has 1 aliphatic heterocycles. The SMILES string of the molecule is Cc1c(NCCCCCNS(=O)(=O)C(C)C)ccc(N2C[C@@H](C)O[C@@H](C)C2)c1C. The summed E-state index contributed by atoms with van der Waals surface area (Å²) in [6.45, 7) is 15.3. The highest BCUT2D eigenvalue weighted by molar-refractivity contribution is 7.90. The maximum absolute atomic E-state index is 11.7. The Morgan fingerprint density at radius 2 is 1.66 bits per heavy atom. The van der Waals surface area contributed by atoms with Gasteiger partial charge in [0.05, 0.1) is 17.5 Å². The van der Waals surface area contributed by atoms with E-state index in [2.05, 4.69) is 54.8 Å². The Labute approximate surface area is 177 Å². The molecule has 0 amide bonds. The van der Waals surface area contributed by atoms with E-state index < -0.39 is 10.0 Å². The molecule has 0 aromatic heterocycles. The molecular weight excluding hydrogens is 386 g/mol. The molecule has 2 atom stereocenters. The number of unbranched alkanes of at least 4 members (excludes halogenated alkanes) is 2. The summed E-state index contributed by atoms with van der Waals surface area (Å²) in [5.74, 6) is 0. The Bertz CT molecular complexity index is 755. The first-order valence-corrected chi connectivity index (χ1v) is 12.4. The summed E-state index contributed by atoms with van der Waals surface area (Å²) in [6, 6.07) is 4.40. The fraction of sp³-hybridized carbons (Fsp3) is 0.727. The quantitative estimate of drug-likeness (QED) is 0.558. The first kappa shape index (κ1) is 24.0. The number of benzene rings is 1. The molecule has 0 unspecified atom stereocenters. The Kier molecular flexibility index (Phi) is 8.79. The molecule has 1 fully saturated rings. The van der Waals surface area contributed by atoms with Crippen molar-refractivity contribution in [1.82, 2.24) is 4.72 Å². The number of ether oxygens (including phenoxy) is 1. The van der Waals surface area contributed by atoms with E-state index in [1.165, 1.54) is 22.5 Å². The zero-order valence-electron chi connectivity index (χ0n) is 18.9. The van der Waals surface area contributed by atoms with Crippen LogP contribution in [0, 0.1) is 13.8 Å². The third-order valence-corrected chi connectivity index (χ3v) is 7.46. The van der Waals surface area contributed by atoms with Crippen LogP contribution < -0.4 is 14.9 Å². The van der Waals surface area contributed by atoms with Crippen LogP contribution in [-0.4, -0.2) is 52.1 Å². The van der Waals surface area contributed by atoms with E-state index in [0.29, 0.717) is 6.54 Å². The minimum Gasteiger partial charge on any atom is -0.385 e. The lowest BCUT2D eigenvalue weighted by molar-refractivity contribution is -0.00524. The molecule has 1 saturated heterocycles. The van der Waals surface area contributed by atoms with E-state index in [0.717, 1.165) is 38.9 Å². The largest absolute Gasteiger partial charge is 0.385 e. The summed E-state index contributed by atoms with van der Waals surface area (Å²) in [6.07, 6.45) is 3.37. The number of nitrogens with one attached hydrogen (secondary N) is 2. The van der Waals surface area contributed by atoms with Gasteiger partial charge in [-0.25, -0.2) is 13.1 Å². The lowest BCUT2D eigenvalue weighted by atomic mass is 10.0. The fourth-order valence-corrected chi connectivity index (χ4v) is 4.51. The zero-order valence-corrected chi connectivity index (χ0v) is 19.7. The molecule has 6 nitrogen and oxygen atoms in total. The minimum atomic E-state index is -3.14. The highest BCUT2D eigenvalue weighted by Gasteiger charge is 2.24. The molecule has 29 heavy (non-hydrogen) atoms. The molecule has 0 spiro atoms. The molecule has 0 saturated carbocycles. The van der Waals surface area contributed by atoms with Gasteiger partial charge < -0.3 is 15.0 Å². The van der Waals surface area contributed by atoms with Crippen molar-refractivity contribution in [3.05, 3.63) is 23.3 Å². The molecule has 0 bridgehead atoms. The van der Waals surface area contributed by atoms with Crippen molar-refractivity contribution >= 4 is 21.4 Å². The van der Waals surface area contributed by atoms with Gasteiger partial charge >= 0.3 is 0 Å². The van der Waals surface area contributed by atoms with E-state index >= 15 is 0 Å². The van der Waals surface area contributed by atoms with Crippen LogP contribution in [0.5, 0.6) is 0 Å². The molecule has 166 valence electrons. The minimum absolute atomic E-state index is 0.251. The maximum Gasteiger partial charge on any atom is 0.213 e. The predicted molar refractivity (Wildman–Crippen MR) is 123 cm³/mol. The van der Waals surface area contributed by atoms with Crippen LogP contribution >= 0.6 is 0 Å². The number of morpholine rings is 1. The lowest BCUT2D eigenvalue weighted by Crippen LogP contribution is -2.45. The molecule has 1 aliphatic rings. The molecule has 1 heterocycles. The van der Waals surface area contributed by atoms with Crippen molar-refractivity contribution in [2.24, 2.45) is 0 Å². The van der Waals surface area contributed by atoms with Crippen molar-refractivity contribution < 1.29 is 13.2 Å². The van der Waals surface area contributed by atoms with E-state index in [1.54, 1.807) is 13.8 Å². The number of anilines is 2. The van der Waals surface area contributed by atoms with Crippen LogP contribution in [0.1, 0.15) is 58.1 Å². The number of nitrogens with zero attached hydrogens (tertiary/aromatic N) is 1. The number of sulfonamides is 1. The Balaban J connectivity index is 1.80. The third kappa shape index (κ3) is 6.86. The van der Waals surface area contributed by atoms with Gasteiger partial charge in [0.2, 0.25) is 10.0 Å². The lowest BCUT2D eigenvalue weighted by Gasteiger charge is -2.38. The summed E-state index contributed by atoms with van der Waals surface area (Å²) >= 11 is 0. The van der Waals surface area contributed by atoms with Crippen molar-refractivity contribution in [3.8, 4) is 0 Å². The average molecular weight is 426 g/mol. The normalized spacial score (nSPS) is 20.3. The monoisotopic (exact) mass is 425 g/mol. The summed E-state index contributed by atoms with van der Waals surface area (Å²) in [5, 5.41) is 3.17.